The highest BCUT2D eigenvalue weighted by Crippen LogP contribution is 2.15. The average Bonchev–Trinajstić information content (AvgIpc) is 2.46. The van der Waals surface area contributed by atoms with Gasteiger partial charge in [-0.05, 0) is 18.2 Å². The van der Waals surface area contributed by atoms with Crippen molar-refractivity contribution in [3.8, 4) is 0 Å². The van der Waals surface area contributed by atoms with Crippen molar-refractivity contribution in [2.75, 3.05) is 0 Å². The Hall–Kier alpha value is -3.47. The van der Waals surface area contributed by atoms with Crippen molar-refractivity contribution < 1.29 is 54.6 Å². The smallest absolute Gasteiger partial charge is 0.336 e. The topological polar surface area (TPSA) is 207 Å². The molecule has 0 radical (unpaired) electrons. The van der Waals surface area contributed by atoms with Crippen molar-refractivity contribution in [3.63, 3.8) is 0 Å². The SMILES string of the molecule is O=C(O)CC(O)(CC(=O)O)C(=O)O.O=C(O)c1cccc(C(=O)O)c1. The Kier molecular flexibility index (Phi) is 7.73. The summed E-state index contributed by atoms with van der Waals surface area (Å²) in [7, 11) is 0. The van der Waals surface area contributed by atoms with Crippen molar-refractivity contribution in [3.05, 3.63) is 35.4 Å². The fraction of sp³-hybridized carbons (Fsp3) is 0.214. The van der Waals surface area contributed by atoms with Crippen LogP contribution >= 0.6 is 0 Å². The van der Waals surface area contributed by atoms with Gasteiger partial charge in [0.2, 0.25) is 0 Å². The molecule has 0 aliphatic carbocycles. The number of aromatic carboxylic acids is 2. The third-order valence-electron chi connectivity index (χ3n) is 2.64. The molecule has 0 aliphatic heterocycles. The molecule has 1 rings (SSSR count). The van der Waals surface area contributed by atoms with Crippen molar-refractivity contribution in [2.45, 2.75) is 18.4 Å². The Labute approximate surface area is 139 Å². The van der Waals surface area contributed by atoms with E-state index >= 15 is 0 Å². The first-order chi connectivity index (χ1) is 11.4. The van der Waals surface area contributed by atoms with E-state index in [2.05, 4.69) is 0 Å². The minimum absolute atomic E-state index is 0.0186. The summed E-state index contributed by atoms with van der Waals surface area (Å²) in [6.07, 6.45) is -2.29. The highest BCUT2D eigenvalue weighted by molar-refractivity contribution is 5.93. The van der Waals surface area contributed by atoms with E-state index in [1.807, 2.05) is 0 Å². The van der Waals surface area contributed by atoms with Crippen LogP contribution in [-0.4, -0.2) is 66.1 Å². The molecule has 25 heavy (non-hydrogen) atoms. The Morgan fingerprint density at radius 2 is 1.12 bits per heavy atom. The first-order valence-corrected chi connectivity index (χ1v) is 6.35. The third kappa shape index (κ3) is 7.56. The fourth-order valence-electron chi connectivity index (χ4n) is 1.50. The molecule has 6 N–H and O–H groups in total. The van der Waals surface area contributed by atoms with Crippen LogP contribution in [0.15, 0.2) is 24.3 Å². The molecule has 0 aromatic heterocycles. The van der Waals surface area contributed by atoms with Gasteiger partial charge in [-0.2, -0.15) is 0 Å². The Balaban J connectivity index is 0.000000462. The minimum atomic E-state index is -2.74. The summed E-state index contributed by atoms with van der Waals surface area (Å²) in [5.41, 5.74) is -2.78. The van der Waals surface area contributed by atoms with Gasteiger partial charge in [0, 0.05) is 0 Å². The summed E-state index contributed by atoms with van der Waals surface area (Å²) in [6.45, 7) is 0. The first-order valence-electron chi connectivity index (χ1n) is 6.35. The van der Waals surface area contributed by atoms with Crippen molar-refractivity contribution >= 4 is 29.8 Å². The zero-order valence-electron chi connectivity index (χ0n) is 12.4. The van der Waals surface area contributed by atoms with Crippen LogP contribution in [0.2, 0.25) is 0 Å². The van der Waals surface area contributed by atoms with E-state index in [0.717, 1.165) is 6.07 Å². The van der Waals surface area contributed by atoms with Gasteiger partial charge in [0.25, 0.3) is 0 Å². The maximum Gasteiger partial charge on any atom is 0.336 e. The van der Waals surface area contributed by atoms with Crippen LogP contribution in [0, 0.1) is 0 Å². The first kappa shape index (κ1) is 21.5. The van der Waals surface area contributed by atoms with Crippen LogP contribution in [-0.2, 0) is 14.4 Å². The molecule has 11 heteroatoms. The van der Waals surface area contributed by atoms with Crippen LogP contribution in [0.1, 0.15) is 33.6 Å². The van der Waals surface area contributed by atoms with E-state index in [9.17, 15) is 24.0 Å². The van der Waals surface area contributed by atoms with Gasteiger partial charge in [0.15, 0.2) is 5.60 Å². The second-order valence-corrected chi connectivity index (χ2v) is 4.67. The van der Waals surface area contributed by atoms with Crippen LogP contribution in [0.3, 0.4) is 0 Å². The van der Waals surface area contributed by atoms with Crippen LogP contribution in [0.25, 0.3) is 0 Å². The molecule has 1 aromatic rings. The van der Waals surface area contributed by atoms with Crippen molar-refractivity contribution in [2.24, 2.45) is 0 Å². The standard InChI is InChI=1S/C8H6O4.C6H8O7/c9-7(10)5-2-1-3-6(4-5)8(11)12;7-3(8)1-6(13,5(11)12)2-4(9)10/h1-4H,(H,9,10)(H,11,12);13H,1-2H2,(H,7,8)(H,9,10)(H,11,12). The van der Waals surface area contributed by atoms with Crippen molar-refractivity contribution in [1.82, 2.24) is 0 Å². The number of benzene rings is 1. The van der Waals surface area contributed by atoms with Gasteiger partial charge in [-0.1, -0.05) is 6.07 Å². The summed E-state index contributed by atoms with van der Waals surface area (Å²) in [5, 5.41) is 50.8. The number of aliphatic carboxylic acids is 3. The average molecular weight is 358 g/mol. The molecule has 0 bridgehead atoms. The number of hydrogen-bond donors (Lipinski definition) is 6. The largest absolute Gasteiger partial charge is 0.481 e. The summed E-state index contributed by atoms with van der Waals surface area (Å²) in [6, 6.07) is 5.20. The molecule has 0 saturated heterocycles. The monoisotopic (exact) mass is 358 g/mol. The van der Waals surface area contributed by atoms with Crippen LogP contribution in [0.4, 0.5) is 0 Å². The van der Waals surface area contributed by atoms with Gasteiger partial charge < -0.3 is 30.6 Å². The van der Waals surface area contributed by atoms with Gasteiger partial charge in [-0.3, -0.25) is 9.59 Å². The number of rotatable bonds is 7. The molecule has 0 amide bonds. The Bertz CT molecular complexity index is 647. The molecule has 0 atom stereocenters. The molecular weight excluding hydrogens is 344 g/mol. The predicted octanol–water partition coefficient (Wildman–Crippen LogP) is -0.165. The molecule has 0 aliphatic rings. The van der Waals surface area contributed by atoms with Gasteiger partial charge in [0.05, 0.1) is 24.0 Å². The lowest BCUT2D eigenvalue weighted by atomic mass is 9.96. The number of carboxylic acids is 5. The van der Waals surface area contributed by atoms with Gasteiger partial charge in [0.1, 0.15) is 0 Å². The van der Waals surface area contributed by atoms with E-state index in [1.165, 1.54) is 18.2 Å². The van der Waals surface area contributed by atoms with Crippen molar-refractivity contribution in [1.29, 1.82) is 0 Å². The molecular formula is C14H14O11. The highest BCUT2D eigenvalue weighted by Gasteiger charge is 2.40. The number of aliphatic hydroxyl groups is 1. The highest BCUT2D eigenvalue weighted by atomic mass is 16.4. The van der Waals surface area contributed by atoms with Gasteiger partial charge >= 0.3 is 29.8 Å². The molecule has 0 unspecified atom stereocenters. The molecule has 0 heterocycles. The second kappa shape index (κ2) is 8.98. The Morgan fingerprint density at radius 3 is 1.36 bits per heavy atom. The van der Waals surface area contributed by atoms with E-state index in [-0.39, 0.29) is 11.1 Å². The molecule has 0 spiro atoms. The molecule has 0 fully saturated rings. The van der Waals surface area contributed by atoms with Crippen LogP contribution < -0.4 is 0 Å². The second-order valence-electron chi connectivity index (χ2n) is 4.67. The van der Waals surface area contributed by atoms with E-state index in [0.29, 0.717) is 0 Å². The molecule has 0 saturated carbocycles. The van der Waals surface area contributed by atoms with E-state index < -0.39 is 48.3 Å². The molecule has 136 valence electrons. The fourth-order valence-corrected chi connectivity index (χ4v) is 1.50. The number of carboxylic acid groups (broad SMARTS) is 5. The summed E-state index contributed by atoms with van der Waals surface area (Å²) in [5.74, 6) is -7.27. The summed E-state index contributed by atoms with van der Waals surface area (Å²) < 4.78 is 0. The summed E-state index contributed by atoms with van der Waals surface area (Å²) >= 11 is 0. The zero-order valence-corrected chi connectivity index (χ0v) is 12.4. The van der Waals surface area contributed by atoms with Gasteiger partial charge in [-0.25, -0.2) is 14.4 Å². The maximum atomic E-state index is 10.4. The maximum absolute atomic E-state index is 10.4. The minimum Gasteiger partial charge on any atom is -0.481 e. The van der Waals surface area contributed by atoms with E-state index in [4.69, 9.17) is 30.6 Å². The lowest BCUT2D eigenvalue weighted by Gasteiger charge is -2.18. The summed E-state index contributed by atoms with van der Waals surface area (Å²) in [4.78, 5) is 51.3. The number of hydrogen-bond acceptors (Lipinski definition) is 6. The normalized spacial score (nSPS) is 10.1. The predicted molar refractivity (Wildman–Crippen MR) is 77.5 cm³/mol. The van der Waals surface area contributed by atoms with Gasteiger partial charge in [-0.15, -0.1) is 0 Å². The third-order valence-corrected chi connectivity index (χ3v) is 2.64. The molecule has 1 aromatic carbocycles. The lowest BCUT2D eigenvalue weighted by Crippen LogP contribution is -2.42. The quantitative estimate of drug-likeness (QED) is 0.377. The lowest BCUT2D eigenvalue weighted by molar-refractivity contribution is -0.170. The zero-order chi connectivity index (χ0) is 19.8. The number of carbonyl (C=O) groups is 5. The van der Waals surface area contributed by atoms with E-state index in [1.54, 1.807) is 0 Å². The molecule has 11 nitrogen and oxygen atoms in total. The Morgan fingerprint density at radius 1 is 0.760 bits per heavy atom. The van der Waals surface area contributed by atoms with Crippen LogP contribution in [0.5, 0.6) is 0 Å².